The Bertz CT molecular complexity index is 944. The number of amides is 1. The van der Waals surface area contributed by atoms with Crippen LogP contribution in [-0.2, 0) is 11.3 Å². The Labute approximate surface area is 173 Å². The summed E-state index contributed by atoms with van der Waals surface area (Å²) in [7, 11) is 2.99. The molecule has 0 N–H and O–H groups in total. The van der Waals surface area contributed by atoms with Gasteiger partial charge in [-0.2, -0.15) is 0 Å². The molecule has 0 unspecified atom stereocenters. The van der Waals surface area contributed by atoms with Crippen molar-refractivity contribution in [3.8, 4) is 11.5 Å². The minimum absolute atomic E-state index is 0.107. The quantitative estimate of drug-likeness (QED) is 0.587. The average molecular weight is 423 g/mol. The Morgan fingerprint density at radius 2 is 1.97 bits per heavy atom. The third-order valence-electron chi connectivity index (χ3n) is 5.53. The summed E-state index contributed by atoms with van der Waals surface area (Å²) in [6, 6.07) is 3.21. The fourth-order valence-corrected chi connectivity index (χ4v) is 3.64. The highest BCUT2D eigenvalue weighted by molar-refractivity contribution is 5.81. The van der Waals surface area contributed by atoms with E-state index in [0.29, 0.717) is 41.3 Å². The molecule has 7 nitrogen and oxygen atoms in total. The van der Waals surface area contributed by atoms with Crippen LogP contribution in [0.4, 0.5) is 8.78 Å². The molecule has 1 amide bonds. The largest absolute Gasteiger partial charge is 0.493 e. The SMILES string of the molecule is COc1cc2ncn(CCCC(=O)N(CC(F)F)CC3CCC3)c(=O)c2cc1OC. The summed E-state index contributed by atoms with van der Waals surface area (Å²) in [5.41, 5.74) is 0.223. The summed E-state index contributed by atoms with van der Waals surface area (Å²) in [5, 5.41) is 0.380. The Kier molecular flexibility index (Phi) is 7.23. The maximum Gasteiger partial charge on any atom is 0.261 e. The number of rotatable bonds is 10. The smallest absolute Gasteiger partial charge is 0.261 e. The topological polar surface area (TPSA) is 73.7 Å². The normalized spacial score (nSPS) is 14.0. The number of alkyl halides is 2. The highest BCUT2D eigenvalue weighted by Gasteiger charge is 2.25. The number of methoxy groups -OCH3 is 2. The molecule has 3 rings (SSSR count). The van der Waals surface area contributed by atoms with E-state index in [4.69, 9.17) is 9.47 Å². The molecule has 0 atom stereocenters. The Morgan fingerprint density at radius 1 is 1.27 bits per heavy atom. The van der Waals surface area contributed by atoms with Crippen LogP contribution in [0.3, 0.4) is 0 Å². The molecular weight excluding hydrogens is 396 g/mol. The van der Waals surface area contributed by atoms with Gasteiger partial charge in [-0.05, 0) is 31.2 Å². The molecule has 2 aromatic rings. The van der Waals surface area contributed by atoms with Gasteiger partial charge >= 0.3 is 0 Å². The molecule has 30 heavy (non-hydrogen) atoms. The predicted octanol–water partition coefficient (Wildman–Crippen LogP) is 3.09. The number of nitrogens with zero attached hydrogens (tertiary/aromatic N) is 3. The number of aryl methyl sites for hydroxylation is 1. The van der Waals surface area contributed by atoms with E-state index < -0.39 is 13.0 Å². The monoisotopic (exact) mass is 423 g/mol. The third kappa shape index (κ3) is 5.06. The van der Waals surface area contributed by atoms with E-state index >= 15 is 0 Å². The summed E-state index contributed by atoms with van der Waals surface area (Å²) >= 11 is 0. The first-order valence-corrected chi connectivity index (χ1v) is 10.1. The van der Waals surface area contributed by atoms with Gasteiger partial charge in [0.15, 0.2) is 11.5 Å². The predicted molar refractivity (Wildman–Crippen MR) is 108 cm³/mol. The van der Waals surface area contributed by atoms with Crippen molar-refractivity contribution in [3.05, 3.63) is 28.8 Å². The van der Waals surface area contributed by atoms with Crippen molar-refractivity contribution in [1.82, 2.24) is 14.5 Å². The van der Waals surface area contributed by atoms with Crippen molar-refractivity contribution >= 4 is 16.8 Å². The van der Waals surface area contributed by atoms with Crippen molar-refractivity contribution in [2.24, 2.45) is 5.92 Å². The number of carbonyl (C=O) groups excluding carboxylic acids is 1. The minimum atomic E-state index is -2.55. The standard InChI is InChI=1S/C21H27F2N3O4/c1-29-17-9-15-16(10-18(17)30-2)24-13-25(21(15)28)8-4-7-20(27)26(12-19(22)23)11-14-5-3-6-14/h9-10,13-14,19H,3-8,11-12H2,1-2H3. The number of benzene rings is 1. The Morgan fingerprint density at radius 3 is 2.57 bits per heavy atom. The summed E-state index contributed by atoms with van der Waals surface area (Å²) < 4.78 is 37.6. The fourth-order valence-electron chi connectivity index (χ4n) is 3.64. The molecule has 1 aliphatic rings. The van der Waals surface area contributed by atoms with Gasteiger partial charge < -0.3 is 14.4 Å². The second-order valence-electron chi connectivity index (χ2n) is 7.56. The van der Waals surface area contributed by atoms with Crippen molar-refractivity contribution in [2.75, 3.05) is 27.3 Å². The van der Waals surface area contributed by atoms with Gasteiger partial charge in [-0.1, -0.05) is 6.42 Å². The molecule has 0 spiro atoms. The lowest BCUT2D eigenvalue weighted by Crippen LogP contribution is -2.40. The maximum atomic E-state index is 12.9. The zero-order valence-electron chi connectivity index (χ0n) is 17.3. The maximum absolute atomic E-state index is 12.9. The third-order valence-corrected chi connectivity index (χ3v) is 5.53. The molecule has 1 aromatic carbocycles. The summed E-state index contributed by atoms with van der Waals surface area (Å²) in [5.74, 6) is 0.934. The van der Waals surface area contributed by atoms with E-state index in [1.165, 1.54) is 30.0 Å². The number of halogens is 2. The van der Waals surface area contributed by atoms with E-state index in [-0.39, 0.29) is 24.4 Å². The number of ether oxygens (including phenoxy) is 2. The fraction of sp³-hybridized carbons (Fsp3) is 0.571. The van der Waals surface area contributed by atoms with Crippen LogP contribution in [0.15, 0.2) is 23.3 Å². The molecule has 164 valence electrons. The number of fused-ring (bicyclic) bond motifs is 1. The van der Waals surface area contributed by atoms with Gasteiger partial charge in [0.25, 0.3) is 12.0 Å². The second kappa shape index (κ2) is 9.86. The van der Waals surface area contributed by atoms with Crippen LogP contribution in [0.2, 0.25) is 0 Å². The Balaban J connectivity index is 1.66. The van der Waals surface area contributed by atoms with E-state index in [1.54, 1.807) is 12.1 Å². The van der Waals surface area contributed by atoms with Crippen LogP contribution in [0, 0.1) is 5.92 Å². The first-order valence-electron chi connectivity index (χ1n) is 10.1. The van der Waals surface area contributed by atoms with Gasteiger partial charge in [0.05, 0.1) is 38.0 Å². The molecule has 1 saturated carbocycles. The summed E-state index contributed by atoms with van der Waals surface area (Å²) in [4.78, 5) is 30.8. The van der Waals surface area contributed by atoms with Gasteiger partial charge in [0.2, 0.25) is 5.91 Å². The molecule has 1 fully saturated rings. The lowest BCUT2D eigenvalue weighted by molar-refractivity contribution is -0.134. The first-order chi connectivity index (χ1) is 14.4. The first kappa shape index (κ1) is 22.0. The molecule has 9 heteroatoms. The van der Waals surface area contributed by atoms with Gasteiger partial charge in [-0.3, -0.25) is 14.2 Å². The molecule has 0 bridgehead atoms. The molecule has 0 aliphatic heterocycles. The zero-order chi connectivity index (χ0) is 21.7. The summed E-state index contributed by atoms with van der Waals surface area (Å²) in [6.07, 6.45) is 2.41. The number of hydrogen-bond donors (Lipinski definition) is 0. The zero-order valence-corrected chi connectivity index (χ0v) is 17.3. The van der Waals surface area contributed by atoms with Crippen molar-refractivity contribution in [2.45, 2.75) is 45.1 Å². The lowest BCUT2D eigenvalue weighted by atomic mass is 9.85. The van der Waals surface area contributed by atoms with Gasteiger partial charge in [0.1, 0.15) is 0 Å². The molecule has 1 aromatic heterocycles. The second-order valence-corrected chi connectivity index (χ2v) is 7.56. The minimum Gasteiger partial charge on any atom is -0.493 e. The lowest BCUT2D eigenvalue weighted by Gasteiger charge is -2.32. The van der Waals surface area contributed by atoms with Crippen LogP contribution in [0.5, 0.6) is 11.5 Å². The van der Waals surface area contributed by atoms with Gasteiger partial charge in [-0.15, -0.1) is 0 Å². The number of aromatic nitrogens is 2. The van der Waals surface area contributed by atoms with Crippen LogP contribution in [0.25, 0.3) is 10.9 Å². The summed E-state index contributed by atoms with van der Waals surface area (Å²) in [6.45, 7) is 0.129. The van der Waals surface area contributed by atoms with Gasteiger partial charge in [0, 0.05) is 25.6 Å². The average Bonchev–Trinajstić information content (AvgIpc) is 2.70. The molecule has 0 radical (unpaired) electrons. The van der Waals surface area contributed by atoms with Crippen molar-refractivity contribution in [3.63, 3.8) is 0 Å². The van der Waals surface area contributed by atoms with E-state index in [9.17, 15) is 18.4 Å². The van der Waals surface area contributed by atoms with E-state index in [1.807, 2.05) is 0 Å². The highest BCUT2D eigenvalue weighted by Crippen LogP contribution is 2.30. The molecule has 1 aliphatic carbocycles. The van der Waals surface area contributed by atoms with Crippen molar-refractivity contribution in [1.29, 1.82) is 0 Å². The number of carbonyl (C=O) groups is 1. The molecule has 1 heterocycles. The van der Waals surface area contributed by atoms with E-state index in [0.717, 1.165) is 19.3 Å². The van der Waals surface area contributed by atoms with Crippen molar-refractivity contribution < 1.29 is 23.0 Å². The van der Waals surface area contributed by atoms with E-state index in [2.05, 4.69) is 4.98 Å². The van der Waals surface area contributed by atoms with Crippen LogP contribution in [0.1, 0.15) is 32.1 Å². The van der Waals surface area contributed by atoms with Crippen LogP contribution < -0.4 is 15.0 Å². The van der Waals surface area contributed by atoms with Gasteiger partial charge in [-0.25, -0.2) is 13.8 Å². The molecule has 0 saturated heterocycles. The molecular formula is C21H27F2N3O4. The Hall–Kier alpha value is -2.71. The highest BCUT2D eigenvalue weighted by atomic mass is 19.3. The number of hydrogen-bond acceptors (Lipinski definition) is 5. The van der Waals surface area contributed by atoms with Crippen LogP contribution >= 0.6 is 0 Å². The van der Waals surface area contributed by atoms with Crippen LogP contribution in [-0.4, -0.2) is 54.1 Å².